The van der Waals surface area contributed by atoms with E-state index in [1.54, 1.807) is 18.3 Å². The number of hydrogen-bond acceptors (Lipinski definition) is 6. The molecule has 19 heavy (non-hydrogen) atoms. The van der Waals surface area contributed by atoms with E-state index in [2.05, 4.69) is 19.9 Å². The summed E-state index contributed by atoms with van der Waals surface area (Å²) >= 11 is 2.69. The molecule has 3 rings (SSSR count). The highest BCUT2D eigenvalue weighted by Crippen LogP contribution is 2.21. The smallest absolute Gasteiger partial charge is 0.265 e. The van der Waals surface area contributed by atoms with Crippen LogP contribution in [-0.2, 0) is 6.54 Å². The number of para-hydroxylation sites is 1. The second kappa shape index (κ2) is 5.02. The van der Waals surface area contributed by atoms with Gasteiger partial charge < -0.3 is 5.32 Å². The molecule has 0 spiro atoms. The molecule has 1 N–H and O–H groups in total. The van der Waals surface area contributed by atoms with Gasteiger partial charge in [0.25, 0.3) is 5.91 Å². The Kier molecular flexibility index (Phi) is 3.22. The number of thiazole rings is 1. The lowest BCUT2D eigenvalue weighted by Crippen LogP contribution is -2.22. The fourth-order valence-corrected chi connectivity index (χ4v) is 3.15. The first-order valence-corrected chi connectivity index (χ1v) is 7.24. The SMILES string of the molecule is Cc1nnsc1C(=O)NCc1nc2ccccc2s1. The normalized spacial score (nSPS) is 10.8. The summed E-state index contributed by atoms with van der Waals surface area (Å²) in [5.41, 5.74) is 1.62. The first-order chi connectivity index (χ1) is 9.24. The van der Waals surface area contributed by atoms with Crippen LogP contribution in [0, 0.1) is 6.92 Å². The van der Waals surface area contributed by atoms with E-state index in [9.17, 15) is 4.79 Å². The Hall–Kier alpha value is -1.86. The van der Waals surface area contributed by atoms with Crippen LogP contribution in [-0.4, -0.2) is 20.5 Å². The van der Waals surface area contributed by atoms with Gasteiger partial charge in [-0.3, -0.25) is 4.79 Å². The van der Waals surface area contributed by atoms with Gasteiger partial charge in [0.1, 0.15) is 9.88 Å². The van der Waals surface area contributed by atoms with E-state index in [4.69, 9.17) is 0 Å². The summed E-state index contributed by atoms with van der Waals surface area (Å²) in [5, 5.41) is 7.56. The molecular weight excluding hydrogens is 280 g/mol. The van der Waals surface area contributed by atoms with Gasteiger partial charge in [0.15, 0.2) is 0 Å². The molecule has 0 radical (unpaired) electrons. The summed E-state index contributed by atoms with van der Waals surface area (Å²) in [4.78, 5) is 16.9. The lowest BCUT2D eigenvalue weighted by atomic mass is 10.3. The Morgan fingerprint density at radius 3 is 2.95 bits per heavy atom. The number of hydrogen-bond donors (Lipinski definition) is 1. The third-order valence-electron chi connectivity index (χ3n) is 2.60. The molecule has 0 saturated heterocycles. The summed E-state index contributed by atoms with van der Waals surface area (Å²) in [6, 6.07) is 7.93. The van der Waals surface area contributed by atoms with E-state index in [0.717, 1.165) is 26.8 Å². The van der Waals surface area contributed by atoms with Crippen molar-refractivity contribution in [1.29, 1.82) is 0 Å². The van der Waals surface area contributed by atoms with Crippen LogP contribution in [0.5, 0.6) is 0 Å². The zero-order valence-electron chi connectivity index (χ0n) is 10.1. The largest absolute Gasteiger partial charge is 0.345 e. The fraction of sp³-hybridized carbons (Fsp3) is 0.167. The van der Waals surface area contributed by atoms with Crippen LogP contribution in [0.2, 0.25) is 0 Å². The van der Waals surface area contributed by atoms with E-state index < -0.39 is 0 Å². The van der Waals surface area contributed by atoms with Crippen molar-refractivity contribution >= 4 is 39.0 Å². The summed E-state index contributed by atoms with van der Waals surface area (Å²) in [5.74, 6) is -0.147. The average Bonchev–Trinajstić information content (AvgIpc) is 3.01. The molecule has 0 aliphatic carbocycles. The molecule has 7 heteroatoms. The Labute approximate surface area is 117 Å². The van der Waals surface area contributed by atoms with E-state index in [1.165, 1.54) is 0 Å². The van der Waals surface area contributed by atoms with Crippen molar-refractivity contribution < 1.29 is 4.79 Å². The van der Waals surface area contributed by atoms with Crippen LogP contribution in [0.1, 0.15) is 20.4 Å². The summed E-state index contributed by atoms with van der Waals surface area (Å²) in [6.45, 7) is 2.20. The maximum atomic E-state index is 11.9. The molecule has 3 aromatic rings. The van der Waals surface area contributed by atoms with Gasteiger partial charge in [-0.1, -0.05) is 16.6 Å². The zero-order valence-corrected chi connectivity index (χ0v) is 11.7. The molecule has 0 saturated carbocycles. The van der Waals surface area contributed by atoms with E-state index in [0.29, 0.717) is 17.1 Å². The fourth-order valence-electron chi connectivity index (χ4n) is 1.67. The van der Waals surface area contributed by atoms with Crippen molar-refractivity contribution in [2.45, 2.75) is 13.5 Å². The Morgan fingerprint density at radius 1 is 1.37 bits per heavy atom. The van der Waals surface area contributed by atoms with Gasteiger partial charge in [0.2, 0.25) is 0 Å². The van der Waals surface area contributed by atoms with Gasteiger partial charge in [-0.2, -0.15) is 0 Å². The molecule has 1 aromatic carbocycles. The molecular formula is C12H10N4OS2. The molecule has 0 aliphatic heterocycles. The maximum absolute atomic E-state index is 11.9. The minimum atomic E-state index is -0.147. The number of aryl methyl sites for hydroxylation is 1. The van der Waals surface area contributed by atoms with Gasteiger partial charge in [-0.25, -0.2) is 4.98 Å². The van der Waals surface area contributed by atoms with Gasteiger partial charge in [0, 0.05) is 0 Å². The monoisotopic (exact) mass is 290 g/mol. The van der Waals surface area contributed by atoms with Crippen LogP contribution >= 0.6 is 22.9 Å². The number of aromatic nitrogens is 3. The predicted octanol–water partition coefficient (Wildman–Crippen LogP) is 2.39. The quantitative estimate of drug-likeness (QED) is 0.804. The molecule has 0 fully saturated rings. The molecule has 0 unspecified atom stereocenters. The molecule has 2 heterocycles. The van der Waals surface area contributed by atoms with Crippen molar-refractivity contribution in [1.82, 2.24) is 19.9 Å². The number of nitrogens with zero attached hydrogens (tertiary/aromatic N) is 3. The van der Waals surface area contributed by atoms with Crippen molar-refractivity contribution in [3.05, 3.63) is 39.8 Å². The molecule has 96 valence electrons. The maximum Gasteiger partial charge on any atom is 0.265 e. The summed E-state index contributed by atoms with van der Waals surface area (Å²) in [6.07, 6.45) is 0. The highest BCUT2D eigenvalue weighted by molar-refractivity contribution is 7.18. The van der Waals surface area contributed by atoms with Crippen LogP contribution in [0.25, 0.3) is 10.2 Å². The lowest BCUT2D eigenvalue weighted by molar-refractivity contribution is 0.0954. The molecule has 2 aromatic heterocycles. The van der Waals surface area contributed by atoms with Crippen LogP contribution < -0.4 is 5.32 Å². The number of amides is 1. The third-order valence-corrected chi connectivity index (χ3v) is 4.46. The number of nitrogens with one attached hydrogen (secondary N) is 1. The average molecular weight is 290 g/mol. The van der Waals surface area contributed by atoms with Crippen molar-refractivity contribution in [3.8, 4) is 0 Å². The highest BCUT2D eigenvalue weighted by atomic mass is 32.1. The highest BCUT2D eigenvalue weighted by Gasteiger charge is 2.13. The standard InChI is InChI=1S/C12H10N4OS2/c1-7-11(19-16-15-7)12(17)13-6-10-14-8-4-2-3-5-9(8)18-10/h2-5H,6H2,1H3,(H,13,17). The topological polar surface area (TPSA) is 67.8 Å². The number of fused-ring (bicyclic) bond motifs is 1. The molecule has 1 amide bonds. The van der Waals surface area contributed by atoms with Gasteiger partial charge >= 0.3 is 0 Å². The second-order valence-corrected chi connectivity index (χ2v) is 5.81. The van der Waals surface area contributed by atoms with Crippen LogP contribution in [0.15, 0.2) is 24.3 Å². The second-order valence-electron chi connectivity index (χ2n) is 3.95. The first-order valence-electron chi connectivity index (χ1n) is 5.65. The van der Waals surface area contributed by atoms with E-state index in [-0.39, 0.29) is 5.91 Å². The molecule has 0 atom stereocenters. The summed E-state index contributed by atoms with van der Waals surface area (Å²) < 4.78 is 4.88. The number of carbonyl (C=O) groups excluding carboxylic acids is 1. The van der Waals surface area contributed by atoms with Gasteiger partial charge in [-0.05, 0) is 30.6 Å². The number of rotatable bonds is 3. The van der Waals surface area contributed by atoms with Crippen LogP contribution in [0.3, 0.4) is 0 Å². The Balaban J connectivity index is 1.72. The van der Waals surface area contributed by atoms with Crippen LogP contribution in [0.4, 0.5) is 0 Å². The van der Waals surface area contributed by atoms with Crippen molar-refractivity contribution in [3.63, 3.8) is 0 Å². The zero-order chi connectivity index (χ0) is 13.2. The van der Waals surface area contributed by atoms with E-state index in [1.807, 2.05) is 24.3 Å². The Bertz CT molecular complexity index is 701. The Morgan fingerprint density at radius 2 is 2.21 bits per heavy atom. The van der Waals surface area contributed by atoms with Gasteiger partial charge in [-0.15, -0.1) is 16.4 Å². The third kappa shape index (κ3) is 2.47. The van der Waals surface area contributed by atoms with E-state index >= 15 is 0 Å². The van der Waals surface area contributed by atoms with Crippen molar-refractivity contribution in [2.75, 3.05) is 0 Å². The number of carbonyl (C=O) groups is 1. The van der Waals surface area contributed by atoms with Crippen molar-refractivity contribution in [2.24, 2.45) is 0 Å². The minimum Gasteiger partial charge on any atom is -0.345 e. The molecule has 0 aliphatic rings. The van der Waals surface area contributed by atoms with Gasteiger partial charge in [0.05, 0.1) is 22.5 Å². The number of benzene rings is 1. The summed E-state index contributed by atoms with van der Waals surface area (Å²) in [7, 11) is 0. The molecule has 5 nitrogen and oxygen atoms in total. The minimum absolute atomic E-state index is 0.147. The predicted molar refractivity (Wildman–Crippen MR) is 75.4 cm³/mol. The lowest BCUT2D eigenvalue weighted by Gasteiger charge is -1.99. The molecule has 0 bridgehead atoms. The first kappa shape index (κ1) is 12.2.